The summed E-state index contributed by atoms with van der Waals surface area (Å²) in [6.45, 7) is 6.39. The first-order valence-corrected chi connectivity index (χ1v) is 33.3. The molecule has 6 nitrogen and oxygen atoms in total. The fourth-order valence-electron chi connectivity index (χ4n) is 8.92. The standard InChI is InChI=1S/C75H122O6/c1-4-7-10-13-16-19-22-25-28-31-33-35-36-37-38-40-41-44-47-50-53-56-59-62-65-68-74(77)80-71-72(70-79-73(76)67-64-61-58-55-52-49-46-43-30-27-24-21-18-15-12-9-6-3)81-75(78)69-66-63-60-57-54-51-48-45-42-39-34-32-29-26-23-20-17-14-11-8-5-2/h7-8,10-11,16-17,19-20,25-26,28-29,33-35,37-39,41,44-45,48,50,53,72H,4-6,9,12-15,18,21-24,27,30-32,36,40,42-43,46-47,49,51-52,54-71H2,1-3H3/b10-7-,11-8-,19-16-,20-17-,28-25-,29-26-,35-33-,38-37-,39-34-,44-41-,48-45-,53-50-. The Morgan fingerprint density at radius 2 is 0.481 bits per heavy atom. The second-order valence-electron chi connectivity index (χ2n) is 21.6. The third-order valence-corrected chi connectivity index (χ3v) is 13.8. The summed E-state index contributed by atoms with van der Waals surface area (Å²) < 4.78 is 16.9. The van der Waals surface area contributed by atoms with Gasteiger partial charge >= 0.3 is 17.9 Å². The second kappa shape index (κ2) is 67.8. The Hall–Kier alpha value is -4.71. The van der Waals surface area contributed by atoms with Crippen LogP contribution in [-0.2, 0) is 28.6 Å². The molecule has 0 saturated carbocycles. The summed E-state index contributed by atoms with van der Waals surface area (Å²) in [4.78, 5) is 38.4. The van der Waals surface area contributed by atoms with Crippen LogP contribution in [0.1, 0.15) is 290 Å². The van der Waals surface area contributed by atoms with Crippen LogP contribution in [0.5, 0.6) is 0 Å². The second-order valence-corrected chi connectivity index (χ2v) is 21.6. The molecule has 0 aliphatic carbocycles. The fraction of sp³-hybridized carbons (Fsp3) is 0.640. The van der Waals surface area contributed by atoms with Crippen molar-refractivity contribution in [1.82, 2.24) is 0 Å². The van der Waals surface area contributed by atoms with Gasteiger partial charge in [-0.3, -0.25) is 14.4 Å². The maximum atomic E-state index is 12.9. The van der Waals surface area contributed by atoms with Crippen LogP contribution in [0.4, 0.5) is 0 Å². The Labute approximate surface area is 499 Å². The molecule has 0 N–H and O–H groups in total. The van der Waals surface area contributed by atoms with E-state index >= 15 is 0 Å². The van der Waals surface area contributed by atoms with E-state index in [1.807, 2.05) is 0 Å². The van der Waals surface area contributed by atoms with Crippen molar-refractivity contribution in [2.24, 2.45) is 0 Å². The number of ether oxygens (including phenoxy) is 3. The molecule has 0 amide bonds. The minimum Gasteiger partial charge on any atom is -0.462 e. The van der Waals surface area contributed by atoms with Crippen molar-refractivity contribution in [3.8, 4) is 0 Å². The van der Waals surface area contributed by atoms with Crippen LogP contribution < -0.4 is 0 Å². The highest BCUT2D eigenvalue weighted by Crippen LogP contribution is 2.16. The first kappa shape index (κ1) is 76.3. The van der Waals surface area contributed by atoms with Crippen molar-refractivity contribution in [1.29, 1.82) is 0 Å². The predicted octanol–water partition coefficient (Wildman–Crippen LogP) is 23.1. The Balaban J connectivity index is 4.50. The van der Waals surface area contributed by atoms with Crippen LogP contribution in [0.2, 0.25) is 0 Å². The number of unbranched alkanes of at least 4 members (excludes halogenated alkanes) is 24. The van der Waals surface area contributed by atoms with E-state index in [1.165, 1.54) is 89.9 Å². The summed E-state index contributed by atoms with van der Waals surface area (Å²) in [5.41, 5.74) is 0. The van der Waals surface area contributed by atoms with Gasteiger partial charge in [-0.25, -0.2) is 0 Å². The topological polar surface area (TPSA) is 78.9 Å². The van der Waals surface area contributed by atoms with Crippen LogP contribution in [0, 0.1) is 0 Å². The number of hydrogen-bond donors (Lipinski definition) is 0. The smallest absolute Gasteiger partial charge is 0.306 e. The van der Waals surface area contributed by atoms with Crippen LogP contribution >= 0.6 is 0 Å². The molecule has 458 valence electrons. The average Bonchev–Trinajstić information content (AvgIpc) is 3.47. The van der Waals surface area contributed by atoms with Gasteiger partial charge in [-0.1, -0.05) is 295 Å². The van der Waals surface area contributed by atoms with E-state index in [1.54, 1.807) is 0 Å². The lowest BCUT2D eigenvalue weighted by Crippen LogP contribution is -2.30. The first-order chi connectivity index (χ1) is 40.0. The summed E-state index contributed by atoms with van der Waals surface area (Å²) in [5, 5.41) is 0. The Kier molecular flexibility index (Phi) is 63.9. The first-order valence-electron chi connectivity index (χ1n) is 33.3. The van der Waals surface area contributed by atoms with E-state index < -0.39 is 6.10 Å². The van der Waals surface area contributed by atoms with E-state index in [2.05, 4.69) is 167 Å². The van der Waals surface area contributed by atoms with Gasteiger partial charge in [0.1, 0.15) is 13.2 Å². The lowest BCUT2D eigenvalue weighted by atomic mass is 10.0. The van der Waals surface area contributed by atoms with Crippen LogP contribution in [0.15, 0.2) is 146 Å². The number of carbonyl (C=O) groups excluding carboxylic acids is 3. The van der Waals surface area contributed by atoms with Crippen molar-refractivity contribution in [2.45, 2.75) is 297 Å². The zero-order chi connectivity index (χ0) is 58.5. The normalized spacial score (nSPS) is 13.1. The third kappa shape index (κ3) is 66.0. The molecule has 0 aliphatic heterocycles. The molecule has 0 aliphatic rings. The third-order valence-electron chi connectivity index (χ3n) is 13.8. The monoisotopic (exact) mass is 1120 g/mol. The quantitative estimate of drug-likeness (QED) is 0.0261. The van der Waals surface area contributed by atoms with E-state index in [9.17, 15) is 14.4 Å². The van der Waals surface area contributed by atoms with Gasteiger partial charge in [-0.15, -0.1) is 0 Å². The summed E-state index contributed by atoms with van der Waals surface area (Å²) >= 11 is 0. The molecular formula is C75H122O6. The minimum atomic E-state index is -0.810. The van der Waals surface area contributed by atoms with Crippen LogP contribution in [0.3, 0.4) is 0 Å². The molecule has 81 heavy (non-hydrogen) atoms. The molecule has 6 heteroatoms. The highest BCUT2D eigenvalue weighted by molar-refractivity contribution is 5.71. The SMILES string of the molecule is CC/C=C\C/C=C\C/C=C\C/C=C\C/C=C\C/C=C\C/C=C\CCCCCC(=O)OCC(COC(=O)CCCCCCCCCCCCCCCCCCC)OC(=O)CCCCCCC/C=C\C/C=C\C/C=C\C/C=C\C/C=C\CC. The Bertz CT molecular complexity index is 1760. The summed E-state index contributed by atoms with van der Waals surface area (Å²) in [5.74, 6) is -0.948. The predicted molar refractivity (Wildman–Crippen MR) is 352 cm³/mol. The zero-order valence-electron chi connectivity index (χ0n) is 52.5. The summed E-state index contributed by atoms with van der Waals surface area (Å²) in [7, 11) is 0. The number of carbonyl (C=O) groups is 3. The Morgan fingerprint density at radius 3 is 0.765 bits per heavy atom. The van der Waals surface area contributed by atoms with Gasteiger partial charge in [0, 0.05) is 19.3 Å². The van der Waals surface area contributed by atoms with E-state index in [4.69, 9.17) is 14.2 Å². The van der Waals surface area contributed by atoms with Crippen molar-refractivity contribution in [3.63, 3.8) is 0 Å². The molecule has 0 fully saturated rings. The van der Waals surface area contributed by atoms with Gasteiger partial charge in [0.05, 0.1) is 0 Å². The van der Waals surface area contributed by atoms with Gasteiger partial charge in [0.25, 0.3) is 0 Å². The van der Waals surface area contributed by atoms with Gasteiger partial charge in [-0.05, 0) is 122 Å². The molecular weight excluding hydrogens is 997 g/mol. The van der Waals surface area contributed by atoms with E-state index in [0.29, 0.717) is 19.3 Å². The number of hydrogen-bond acceptors (Lipinski definition) is 6. The molecule has 0 saturated heterocycles. The molecule has 0 aromatic carbocycles. The largest absolute Gasteiger partial charge is 0.462 e. The van der Waals surface area contributed by atoms with Gasteiger partial charge in [-0.2, -0.15) is 0 Å². The van der Waals surface area contributed by atoms with Crippen molar-refractivity contribution < 1.29 is 28.6 Å². The molecule has 1 atom stereocenters. The molecule has 0 aromatic heterocycles. The van der Waals surface area contributed by atoms with Crippen LogP contribution in [-0.4, -0.2) is 37.2 Å². The highest BCUT2D eigenvalue weighted by Gasteiger charge is 2.19. The molecule has 0 aromatic rings. The van der Waals surface area contributed by atoms with Crippen molar-refractivity contribution in [3.05, 3.63) is 146 Å². The maximum absolute atomic E-state index is 12.9. The Morgan fingerprint density at radius 1 is 0.259 bits per heavy atom. The summed E-state index contributed by atoms with van der Waals surface area (Å²) in [6, 6.07) is 0. The minimum absolute atomic E-state index is 0.0997. The zero-order valence-corrected chi connectivity index (χ0v) is 52.5. The molecule has 0 heterocycles. The maximum Gasteiger partial charge on any atom is 0.306 e. The van der Waals surface area contributed by atoms with Crippen molar-refractivity contribution in [2.75, 3.05) is 13.2 Å². The molecule has 0 bridgehead atoms. The van der Waals surface area contributed by atoms with Crippen LogP contribution in [0.25, 0.3) is 0 Å². The molecule has 0 radical (unpaired) electrons. The molecule has 0 rings (SSSR count). The highest BCUT2D eigenvalue weighted by atomic mass is 16.6. The van der Waals surface area contributed by atoms with Gasteiger partial charge in [0.2, 0.25) is 0 Å². The van der Waals surface area contributed by atoms with Crippen molar-refractivity contribution >= 4 is 17.9 Å². The fourth-order valence-corrected chi connectivity index (χ4v) is 8.92. The van der Waals surface area contributed by atoms with Gasteiger partial charge in [0.15, 0.2) is 6.10 Å². The number of allylic oxidation sites excluding steroid dienone is 24. The number of rotatable bonds is 59. The lowest BCUT2D eigenvalue weighted by Gasteiger charge is -2.18. The molecule has 1 unspecified atom stereocenters. The van der Waals surface area contributed by atoms with Gasteiger partial charge < -0.3 is 14.2 Å². The van der Waals surface area contributed by atoms with E-state index in [-0.39, 0.29) is 31.1 Å². The average molecular weight is 1120 g/mol. The lowest BCUT2D eigenvalue weighted by molar-refractivity contribution is -0.167. The number of esters is 3. The van der Waals surface area contributed by atoms with E-state index in [0.717, 1.165) is 161 Å². The summed E-state index contributed by atoms with van der Waals surface area (Å²) in [6.07, 6.45) is 97.1. The molecule has 0 spiro atoms.